The van der Waals surface area contributed by atoms with E-state index >= 15 is 0 Å². The highest BCUT2D eigenvalue weighted by molar-refractivity contribution is 5.55. The molecular formula is C12H17N. The summed E-state index contributed by atoms with van der Waals surface area (Å²) in [6, 6.07) is 4.27. The fourth-order valence-electron chi connectivity index (χ4n) is 2.30. The molecule has 0 aromatic heterocycles. The van der Waals surface area contributed by atoms with E-state index in [1.807, 2.05) is 0 Å². The molecule has 1 nitrogen and oxygen atoms in total. The Morgan fingerprint density at radius 2 is 1.85 bits per heavy atom. The molecular weight excluding hydrogens is 158 g/mol. The number of fused-ring (bicyclic) bond motifs is 1. The molecule has 13 heavy (non-hydrogen) atoms. The van der Waals surface area contributed by atoms with Crippen LogP contribution in [-0.2, 0) is 19.3 Å². The minimum atomic E-state index is 1.01. The first-order valence-corrected chi connectivity index (χ1v) is 5.22. The number of nitrogen functional groups attached to an aromatic ring is 1. The summed E-state index contributed by atoms with van der Waals surface area (Å²) < 4.78 is 0. The van der Waals surface area contributed by atoms with Crippen LogP contribution >= 0.6 is 0 Å². The van der Waals surface area contributed by atoms with Crippen LogP contribution in [0.25, 0.3) is 0 Å². The van der Waals surface area contributed by atoms with Crippen molar-refractivity contribution in [1.82, 2.24) is 0 Å². The van der Waals surface area contributed by atoms with Crippen molar-refractivity contribution >= 4 is 5.69 Å². The van der Waals surface area contributed by atoms with E-state index in [-0.39, 0.29) is 0 Å². The van der Waals surface area contributed by atoms with Crippen LogP contribution in [-0.4, -0.2) is 0 Å². The molecule has 70 valence electrons. The second-order valence-corrected chi connectivity index (χ2v) is 3.83. The van der Waals surface area contributed by atoms with E-state index in [4.69, 9.17) is 5.73 Å². The summed E-state index contributed by atoms with van der Waals surface area (Å²) in [6.45, 7) is 2.22. The van der Waals surface area contributed by atoms with Gasteiger partial charge in [-0.15, -0.1) is 0 Å². The molecule has 1 aromatic rings. The van der Waals surface area contributed by atoms with E-state index in [0.29, 0.717) is 0 Å². The van der Waals surface area contributed by atoms with Crippen LogP contribution in [0.2, 0.25) is 0 Å². The second kappa shape index (κ2) is 3.41. The molecule has 0 saturated heterocycles. The minimum absolute atomic E-state index is 1.01. The molecule has 1 aliphatic rings. The number of rotatable bonds is 1. The molecule has 0 amide bonds. The molecule has 1 aromatic carbocycles. The molecule has 1 aliphatic carbocycles. The highest BCUT2D eigenvalue weighted by atomic mass is 14.6. The molecule has 0 spiro atoms. The van der Waals surface area contributed by atoms with Crippen molar-refractivity contribution in [2.75, 3.05) is 5.73 Å². The summed E-state index contributed by atoms with van der Waals surface area (Å²) >= 11 is 0. The van der Waals surface area contributed by atoms with Gasteiger partial charge in [0, 0.05) is 5.69 Å². The Kier molecular flexibility index (Phi) is 2.26. The zero-order chi connectivity index (χ0) is 9.26. The zero-order valence-corrected chi connectivity index (χ0v) is 8.27. The van der Waals surface area contributed by atoms with Crippen molar-refractivity contribution in [1.29, 1.82) is 0 Å². The van der Waals surface area contributed by atoms with Gasteiger partial charge in [-0.3, -0.25) is 0 Å². The lowest BCUT2D eigenvalue weighted by atomic mass is 9.86. The molecule has 0 fully saturated rings. The Labute approximate surface area is 80.0 Å². The lowest BCUT2D eigenvalue weighted by Gasteiger charge is -2.20. The third kappa shape index (κ3) is 1.43. The maximum atomic E-state index is 5.96. The molecule has 2 rings (SSSR count). The molecule has 1 heteroatoms. The van der Waals surface area contributed by atoms with Crippen molar-refractivity contribution in [3.05, 3.63) is 28.8 Å². The van der Waals surface area contributed by atoms with Crippen LogP contribution in [0.3, 0.4) is 0 Å². The van der Waals surface area contributed by atoms with Crippen LogP contribution in [0.15, 0.2) is 12.1 Å². The van der Waals surface area contributed by atoms with Crippen molar-refractivity contribution in [3.63, 3.8) is 0 Å². The Balaban J connectivity index is 2.52. The standard InChI is InChI=1S/C12H17N/c1-2-9-7-8-12(13)11-6-4-3-5-10(9)11/h7-8H,2-6,13H2,1H3. The lowest BCUT2D eigenvalue weighted by molar-refractivity contribution is 0.681. The summed E-state index contributed by atoms with van der Waals surface area (Å²) in [4.78, 5) is 0. The summed E-state index contributed by atoms with van der Waals surface area (Å²) in [5.74, 6) is 0. The highest BCUT2D eigenvalue weighted by Gasteiger charge is 2.14. The SMILES string of the molecule is CCc1ccc(N)c2c1CCCC2. The topological polar surface area (TPSA) is 26.0 Å². The quantitative estimate of drug-likeness (QED) is 0.652. The first kappa shape index (κ1) is 8.61. The third-order valence-electron chi connectivity index (χ3n) is 3.05. The third-order valence-corrected chi connectivity index (χ3v) is 3.05. The van der Waals surface area contributed by atoms with Gasteiger partial charge < -0.3 is 5.73 Å². The molecule has 0 heterocycles. The average molecular weight is 175 g/mol. The highest BCUT2D eigenvalue weighted by Crippen LogP contribution is 2.29. The van der Waals surface area contributed by atoms with Crippen LogP contribution in [0.4, 0.5) is 5.69 Å². The maximum Gasteiger partial charge on any atom is 0.0349 e. The van der Waals surface area contributed by atoms with Crippen LogP contribution in [0, 0.1) is 0 Å². The molecule has 0 aliphatic heterocycles. The minimum Gasteiger partial charge on any atom is -0.398 e. The molecule has 0 bridgehead atoms. The van der Waals surface area contributed by atoms with Gasteiger partial charge >= 0.3 is 0 Å². The van der Waals surface area contributed by atoms with Gasteiger partial charge in [-0.2, -0.15) is 0 Å². The molecule has 2 N–H and O–H groups in total. The number of nitrogens with two attached hydrogens (primary N) is 1. The van der Waals surface area contributed by atoms with E-state index in [0.717, 1.165) is 12.1 Å². The van der Waals surface area contributed by atoms with Gasteiger partial charge in [0.2, 0.25) is 0 Å². The predicted molar refractivity (Wildman–Crippen MR) is 56.9 cm³/mol. The maximum absolute atomic E-state index is 5.96. The van der Waals surface area contributed by atoms with Crippen molar-refractivity contribution in [3.8, 4) is 0 Å². The van der Waals surface area contributed by atoms with Crippen LogP contribution in [0.5, 0.6) is 0 Å². The van der Waals surface area contributed by atoms with Gasteiger partial charge in [0.05, 0.1) is 0 Å². The van der Waals surface area contributed by atoms with Gasteiger partial charge in [-0.1, -0.05) is 13.0 Å². The Morgan fingerprint density at radius 3 is 2.54 bits per heavy atom. The zero-order valence-electron chi connectivity index (χ0n) is 8.27. The number of benzene rings is 1. The summed E-state index contributed by atoms with van der Waals surface area (Å²) in [5, 5.41) is 0. The van der Waals surface area contributed by atoms with E-state index in [9.17, 15) is 0 Å². The second-order valence-electron chi connectivity index (χ2n) is 3.83. The lowest BCUT2D eigenvalue weighted by Crippen LogP contribution is -2.09. The van der Waals surface area contributed by atoms with E-state index in [1.165, 1.54) is 36.8 Å². The average Bonchev–Trinajstić information content (AvgIpc) is 2.19. The molecule has 0 atom stereocenters. The smallest absolute Gasteiger partial charge is 0.0349 e. The number of anilines is 1. The van der Waals surface area contributed by atoms with Gasteiger partial charge in [0.25, 0.3) is 0 Å². The normalized spacial score (nSPS) is 15.5. The van der Waals surface area contributed by atoms with E-state index in [1.54, 1.807) is 5.56 Å². The van der Waals surface area contributed by atoms with Crippen molar-refractivity contribution in [2.24, 2.45) is 0 Å². The Hall–Kier alpha value is -0.980. The van der Waals surface area contributed by atoms with Gasteiger partial charge in [0.15, 0.2) is 0 Å². The summed E-state index contributed by atoms with van der Waals surface area (Å²) in [6.07, 6.45) is 6.22. The predicted octanol–water partition coefficient (Wildman–Crippen LogP) is 2.71. The number of hydrogen-bond donors (Lipinski definition) is 1. The van der Waals surface area contributed by atoms with Gasteiger partial charge in [-0.25, -0.2) is 0 Å². The number of aryl methyl sites for hydroxylation is 1. The summed E-state index contributed by atoms with van der Waals surface area (Å²) in [7, 11) is 0. The number of hydrogen-bond acceptors (Lipinski definition) is 1. The fraction of sp³-hybridized carbons (Fsp3) is 0.500. The molecule has 0 saturated carbocycles. The first-order chi connectivity index (χ1) is 6.33. The van der Waals surface area contributed by atoms with E-state index < -0.39 is 0 Å². The van der Waals surface area contributed by atoms with Crippen LogP contribution in [0.1, 0.15) is 36.5 Å². The Morgan fingerprint density at radius 1 is 1.15 bits per heavy atom. The molecule has 0 unspecified atom stereocenters. The first-order valence-electron chi connectivity index (χ1n) is 5.22. The van der Waals surface area contributed by atoms with Crippen molar-refractivity contribution in [2.45, 2.75) is 39.0 Å². The fourth-order valence-corrected chi connectivity index (χ4v) is 2.30. The molecule has 0 radical (unpaired) electrons. The van der Waals surface area contributed by atoms with E-state index in [2.05, 4.69) is 19.1 Å². The van der Waals surface area contributed by atoms with Gasteiger partial charge in [-0.05, 0) is 54.9 Å². The Bertz CT molecular complexity index is 315. The van der Waals surface area contributed by atoms with Crippen molar-refractivity contribution < 1.29 is 0 Å². The largest absolute Gasteiger partial charge is 0.398 e. The van der Waals surface area contributed by atoms with Crippen LogP contribution < -0.4 is 5.73 Å². The van der Waals surface area contributed by atoms with Gasteiger partial charge in [0.1, 0.15) is 0 Å². The monoisotopic (exact) mass is 175 g/mol. The summed E-state index contributed by atoms with van der Waals surface area (Å²) in [5.41, 5.74) is 11.5.